The van der Waals surface area contributed by atoms with Crippen molar-refractivity contribution in [3.63, 3.8) is 0 Å². The van der Waals surface area contributed by atoms with Gasteiger partial charge < -0.3 is 4.74 Å². The Balaban J connectivity index is 2.47. The molecule has 0 radical (unpaired) electrons. The summed E-state index contributed by atoms with van der Waals surface area (Å²) < 4.78 is 5.67. The Labute approximate surface area is 89.0 Å². The monoisotopic (exact) mass is 209 g/mol. The summed E-state index contributed by atoms with van der Waals surface area (Å²) in [6.45, 7) is 3.84. The van der Waals surface area contributed by atoms with Crippen LogP contribution in [0.2, 0.25) is 0 Å². The minimum absolute atomic E-state index is 0.0207. The lowest BCUT2D eigenvalue weighted by Gasteiger charge is -2.27. The number of para-hydroxylation sites is 1. The zero-order chi connectivity index (χ0) is 10.0. The molecule has 1 unspecified atom stereocenters. The lowest BCUT2D eigenvalue weighted by molar-refractivity contribution is 0.323. The molecule has 0 amide bonds. The summed E-state index contributed by atoms with van der Waals surface area (Å²) in [6, 6.07) is 8.25. The van der Waals surface area contributed by atoms with Crippen molar-refractivity contribution < 1.29 is 4.74 Å². The van der Waals surface area contributed by atoms with Gasteiger partial charge in [-0.15, -0.1) is 11.8 Å². The van der Waals surface area contributed by atoms with Crippen LogP contribution >= 0.6 is 11.8 Å². The van der Waals surface area contributed by atoms with Gasteiger partial charge >= 0.3 is 0 Å². The molecule has 76 valence electrons. The van der Waals surface area contributed by atoms with Gasteiger partial charge in [-0.3, -0.25) is 5.32 Å². The second kappa shape index (κ2) is 3.83. The van der Waals surface area contributed by atoms with Crippen molar-refractivity contribution in [2.24, 2.45) is 0 Å². The molecule has 0 saturated heterocycles. The van der Waals surface area contributed by atoms with Crippen LogP contribution in [0.4, 0.5) is 0 Å². The largest absolute Gasteiger partial charge is 0.492 e. The predicted molar refractivity (Wildman–Crippen MR) is 60.8 cm³/mol. The summed E-state index contributed by atoms with van der Waals surface area (Å²) in [4.78, 5) is -0.0207. The summed E-state index contributed by atoms with van der Waals surface area (Å²) in [5, 5.41) is 3.50. The second-order valence-corrected chi connectivity index (χ2v) is 4.73. The quantitative estimate of drug-likeness (QED) is 0.766. The average Bonchev–Trinajstić information content (AvgIpc) is 2.40. The summed E-state index contributed by atoms with van der Waals surface area (Å²) in [6.07, 6.45) is 2.12. The van der Waals surface area contributed by atoms with Crippen molar-refractivity contribution in [2.75, 3.05) is 19.4 Å². The molecule has 1 aromatic rings. The van der Waals surface area contributed by atoms with Gasteiger partial charge in [0.25, 0.3) is 0 Å². The van der Waals surface area contributed by atoms with Crippen LogP contribution in [-0.2, 0) is 4.87 Å². The molecule has 2 rings (SSSR count). The molecule has 1 atom stereocenters. The van der Waals surface area contributed by atoms with Gasteiger partial charge in [0, 0.05) is 12.1 Å². The first-order valence-electron chi connectivity index (χ1n) is 4.79. The van der Waals surface area contributed by atoms with Crippen molar-refractivity contribution in [1.82, 2.24) is 5.32 Å². The van der Waals surface area contributed by atoms with E-state index in [-0.39, 0.29) is 4.87 Å². The highest BCUT2D eigenvalue weighted by Gasteiger charge is 2.29. The van der Waals surface area contributed by atoms with Crippen LogP contribution in [0.3, 0.4) is 0 Å². The lowest BCUT2D eigenvalue weighted by Crippen LogP contribution is -2.36. The third-order valence-electron chi connectivity index (χ3n) is 2.63. The molecule has 1 aliphatic heterocycles. The molecular weight excluding hydrogens is 194 g/mol. The van der Waals surface area contributed by atoms with E-state index in [1.807, 2.05) is 23.9 Å². The SMILES string of the molecule is CSC1(C)NCCOc2ccccc21. The molecule has 1 N–H and O–H groups in total. The number of benzene rings is 1. The first kappa shape index (κ1) is 9.87. The first-order chi connectivity index (χ1) is 6.76. The van der Waals surface area contributed by atoms with Crippen LogP contribution in [-0.4, -0.2) is 19.4 Å². The van der Waals surface area contributed by atoms with Crippen LogP contribution in [0.15, 0.2) is 24.3 Å². The molecule has 3 heteroatoms. The number of ether oxygens (including phenoxy) is 1. The maximum Gasteiger partial charge on any atom is 0.125 e. The molecule has 0 bridgehead atoms. The van der Waals surface area contributed by atoms with Crippen molar-refractivity contribution in [1.29, 1.82) is 0 Å². The van der Waals surface area contributed by atoms with Crippen LogP contribution in [0.25, 0.3) is 0 Å². The molecule has 14 heavy (non-hydrogen) atoms. The van der Waals surface area contributed by atoms with Crippen LogP contribution in [0, 0.1) is 0 Å². The van der Waals surface area contributed by atoms with Crippen LogP contribution < -0.4 is 10.1 Å². The molecule has 1 aliphatic rings. The zero-order valence-electron chi connectivity index (χ0n) is 8.54. The van der Waals surface area contributed by atoms with Gasteiger partial charge in [0.1, 0.15) is 12.4 Å². The van der Waals surface area contributed by atoms with E-state index in [1.165, 1.54) is 5.56 Å². The summed E-state index contributed by atoms with van der Waals surface area (Å²) in [7, 11) is 0. The van der Waals surface area contributed by atoms with Gasteiger partial charge in [-0.2, -0.15) is 0 Å². The third kappa shape index (κ3) is 1.62. The van der Waals surface area contributed by atoms with E-state index in [2.05, 4.69) is 30.6 Å². The maximum absolute atomic E-state index is 5.67. The maximum atomic E-state index is 5.67. The number of thioether (sulfide) groups is 1. The fraction of sp³-hybridized carbons (Fsp3) is 0.455. The molecule has 2 nitrogen and oxygen atoms in total. The van der Waals surface area contributed by atoms with Crippen molar-refractivity contribution in [3.05, 3.63) is 29.8 Å². The highest BCUT2D eigenvalue weighted by Crippen LogP contribution is 2.38. The van der Waals surface area contributed by atoms with Crippen LogP contribution in [0.1, 0.15) is 12.5 Å². The minimum Gasteiger partial charge on any atom is -0.492 e. The van der Waals surface area contributed by atoms with Gasteiger partial charge in [0.2, 0.25) is 0 Å². The number of hydrogen-bond acceptors (Lipinski definition) is 3. The number of hydrogen-bond donors (Lipinski definition) is 1. The molecule has 0 aromatic heterocycles. The van der Waals surface area contributed by atoms with E-state index in [0.717, 1.165) is 18.9 Å². The molecule has 0 saturated carbocycles. The lowest BCUT2D eigenvalue weighted by atomic mass is 10.1. The Hall–Kier alpha value is -0.670. The molecule has 1 aromatic carbocycles. The van der Waals surface area contributed by atoms with E-state index in [9.17, 15) is 0 Å². The molecule has 1 heterocycles. The smallest absolute Gasteiger partial charge is 0.125 e. The van der Waals surface area contributed by atoms with Gasteiger partial charge in [0.15, 0.2) is 0 Å². The van der Waals surface area contributed by atoms with Crippen LogP contribution in [0.5, 0.6) is 5.75 Å². The fourth-order valence-corrected chi connectivity index (χ4v) is 2.35. The third-order valence-corrected chi connectivity index (χ3v) is 3.81. The predicted octanol–water partition coefficient (Wildman–Crippen LogP) is 2.20. The number of nitrogens with one attached hydrogen (secondary N) is 1. The minimum atomic E-state index is -0.0207. The normalized spacial score (nSPS) is 26.1. The summed E-state index contributed by atoms with van der Waals surface area (Å²) in [5.74, 6) is 1.01. The van der Waals surface area contributed by atoms with E-state index in [0.29, 0.717) is 0 Å². The van der Waals surface area contributed by atoms with Gasteiger partial charge in [-0.1, -0.05) is 18.2 Å². The van der Waals surface area contributed by atoms with Crippen molar-refractivity contribution >= 4 is 11.8 Å². The Morgan fingerprint density at radius 1 is 1.43 bits per heavy atom. The summed E-state index contributed by atoms with van der Waals surface area (Å²) in [5.41, 5.74) is 1.24. The van der Waals surface area contributed by atoms with E-state index in [4.69, 9.17) is 4.74 Å². The fourth-order valence-electron chi connectivity index (χ4n) is 1.71. The average molecular weight is 209 g/mol. The highest BCUT2D eigenvalue weighted by molar-refractivity contribution is 7.99. The second-order valence-electron chi connectivity index (χ2n) is 3.51. The van der Waals surface area contributed by atoms with Crippen molar-refractivity contribution in [3.8, 4) is 5.75 Å². The van der Waals surface area contributed by atoms with Gasteiger partial charge in [-0.25, -0.2) is 0 Å². The van der Waals surface area contributed by atoms with Gasteiger partial charge in [-0.05, 0) is 19.2 Å². The highest BCUT2D eigenvalue weighted by atomic mass is 32.2. The Morgan fingerprint density at radius 2 is 2.21 bits per heavy atom. The number of fused-ring (bicyclic) bond motifs is 1. The molecule has 0 aliphatic carbocycles. The summed E-state index contributed by atoms with van der Waals surface area (Å²) >= 11 is 1.81. The van der Waals surface area contributed by atoms with Crippen molar-refractivity contribution in [2.45, 2.75) is 11.8 Å². The molecular formula is C11H15NOS. The zero-order valence-corrected chi connectivity index (χ0v) is 9.36. The Kier molecular flexibility index (Phi) is 2.70. The Bertz CT molecular complexity index is 329. The van der Waals surface area contributed by atoms with E-state index < -0.39 is 0 Å². The van der Waals surface area contributed by atoms with Gasteiger partial charge in [0.05, 0.1) is 4.87 Å². The topological polar surface area (TPSA) is 21.3 Å². The Morgan fingerprint density at radius 3 is 3.00 bits per heavy atom. The first-order valence-corrected chi connectivity index (χ1v) is 6.01. The molecule has 0 fully saturated rings. The van der Waals surface area contributed by atoms with E-state index >= 15 is 0 Å². The standard InChI is InChI=1S/C11H15NOS/c1-11(14-2)9-5-3-4-6-10(9)13-8-7-12-11/h3-6,12H,7-8H2,1-2H3. The number of rotatable bonds is 1. The molecule has 0 spiro atoms. The van der Waals surface area contributed by atoms with E-state index in [1.54, 1.807) is 0 Å².